The summed E-state index contributed by atoms with van der Waals surface area (Å²) in [7, 11) is -2.45. The molecule has 0 radical (unpaired) electrons. The van der Waals surface area contributed by atoms with Gasteiger partial charge in [-0.2, -0.15) is 0 Å². The molecular formula is C24H24FN3O5S. The summed E-state index contributed by atoms with van der Waals surface area (Å²) in [5, 5.41) is 2.61. The Kier molecular flexibility index (Phi) is 7.85. The van der Waals surface area contributed by atoms with Crippen LogP contribution in [0, 0.1) is 11.7 Å². The van der Waals surface area contributed by atoms with E-state index in [1.807, 2.05) is 0 Å². The number of amides is 2. The second-order valence-corrected chi connectivity index (χ2v) is 9.18. The third-order valence-electron chi connectivity index (χ3n) is 5.06. The van der Waals surface area contributed by atoms with Gasteiger partial charge in [-0.1, -0.05) is 18.2 Å². The molecule has 0 fully saturated rings. The lowest BCUT2D eigenvalue weighted by atomic mass is 9.98. The minimum atomic E-state index is -3.95. The standard InChI is InChI=1S/C24H24FN3O5S/c1-33-21-11-9-20(10-12-21)28-34(31,32)22-4-2-3-17(14-22)24(30)27-15-18(23(26)29)13-16-5-7-19(25)8-6-16/h2-12,14,18,28H,13,15H2,1H3,(H2,26,29)(H,27,30). The molecule has 2 amide bonds. The fraction of sp³-hybridized carbons (Fsp3) is 0.167. The third-order valence-corrected chi connectivity index (χ3v) is 6.43. The number of primary amides is 1. The number of nitrogens with two attached hydrogens (primary N) is 1. The lowest BCUT2D eigenvalue weighted by molar-refractivity contribution is -0.121. The summed E-state index contributed by atoms with van der Waals surface area (Å²) in [4.78, 5) is 24.4. The smallest absolute Gasteiger partial charge is 0.261 e. The minimum Gasteiger partial charge on any atom is -0.497 e. The predicted molar refractivity (Wildman–Crippen MR) is 125 cm³/mol. The first-order valence-corrected chi connectivity index (χ1v) is 11.7. The van der Waals surface area contributed by atoms with Crippen molar-refractivity contribution in [3.05, 3.63) is 89.7 Å². The summed E-state index contributed by atoms with van der Waals surface area (Å²) in [5.41, 5.74) is 6.58. The van der Waals surface area contributed by atoms with Crippen molar-refractivity contribution in [2.45, 2.75) is 11.3 Å². The maximum atomic E-state index is 13.1. The van der Waals surface area contributed by atoms with Gasteiger partial charge >= 0.3 is 0 Å². The van der Waals surface area contributed by atoms with E-state index < -0.39 is 33.6 Å². The Bertz CT molecular complexity index is 1260. The van der Waals surface area contributed by atoms with Crippen LogP contribution in [0.1, 0.15) is 15.9 Å². The van der Waals surface area contributed by atoms with E-state index in [0.29, 0.717) is 17.0 Å². The summed E-state index contributed by atoms with van der Waals surface area (Å²) in [6, 6.07) is 17.5. The molecule has 3 aromatic carbocycles. The van der Waals surface area contributed by atoms with Crippen LogP contribution >= 0.6 is 0 Å². The van der Waals surface area contributed by atoms with Crippen molar-refractivity contribution >= 4 is 27.5 Å². The van der Waals surface area contributed by atoms with Crippen molar-refractivity contribution in [3.8, 4) is 5.75 Å². The highest BCUT2D eigenvalue weighted by Gasteiger charge is 2.20. The molecule has 0 spiro atoms. The Balaban J connectivity index is 1.67. The van der Waals surface area contributed by atoms with E-state index in [9.17, 15) is 22.4 Å². The summed E-state index contributed by atoms with van der Waals surface area (Å²) in [6.07, 6.45) is 0.218. The number of ether oxygens (including phenoxy) is 1. The number of methoxy groups -OCH3 is 1. The molecule has 8 nitrogen and oxygen atoms in total. The molecule has 34 heavy (non-hydrogen) atoms. The summed E-state index contributed by atoms with van der Waals surface area (Å²) >= 11 is 0. The number of nitrogens with one attached hydrogen (secondary N) is 2. The maximum absolute atomic E-state index is 13.1. The minimum absolute atomic E-state index is 0.0629. The number of anilines is 1. The molecule has 0 heterocycles. The molecule has 0 aromatic heterocycles. The van der Waals surface area contributed by atoms with Crippen molar-refractivity contribution in [1.82, 2.24) is 5.32 Å². The summed E-state index contributed by atoms with van der Waals surface area (Å²) in [5.74, 6) is -1.73. The van der Waals surface area contributed by atoms with E-state index in [2.05, 4.69) is 10.0 Å². The first-order chi connectivity index (χ1) is 16.2. The van der Waals surface area contributed by atoms with Gasteiger partial charge in [0.15, 0.2) is 0 Å². The number of hydrogen-bond acceptors (Lipinski definition) is 5. The predicted octanol–water partition coefficient (Wildman–Crippen LogP) is 2.71. The number of rotatable bonds is 10. The zero-order valence-electron chi connectivity index (χ0n) is 18.3. The van der Waals surface area contributed by atoms with Gasteiger partial charge in [0.2, 0.25) is 5.91 Å². The zero-order chi connectivity index (χ0) is 24.7. The molecule has 0 aliphatic rings. The second kappa shape index (κ2) is 10.8. The Morgan fingerprint density at radius 1 is 1.03 bits per heavy atom. The zero-order valence-corrected chi connectivity index (χ0v) is 19.1. The van der Waals surface area contributed by atoms with Crippen LogP contribution in [0.3, 0.4) is 0 Å². The number of halogens is 1. The van der Waals surface area contributed by atoms with E-state index in [1.165, 1.54) is 55.6 Å². The van der Waals surface area contributed by atoms with Crippen molar-refractivity contribution in [2.24, 2.45) is 11.7 Å². The highest BCUT2D eigenvalue weighted by Crippen LogP contribution is 2.20. The molecule has 178 valence electrons. The first-order valence-electron chi connectivity index (χ1n) is 10.3. The molecule has 0 saturated heterocycles. The molecule has 1 atom stereocenters. The highest BCUT2D eigenvalue weighted by molar-refractivity contribution is 7.92. The first kappa shape index (κ1) is 24.7. The number of carbonyl (C=O) groups excluding carboxylic acids is 2. The van der Waals surface area contributed by atoms with Crippen LogP contribution in [-0.4, -0.2) is 33.9 Å². The van der Waals surface area contributed by atoms with Gasteiger partial charge in [0.05, 0.1) is 17.9 Å². The molecule has 0 aliphatic carbocycles. The van der Waals surface area contributed by atoms with Crippen LogP contribution in [0.15, 0.2) is 77.7 Å². The molecule has 3 aromatic rings. The molecule has 0 aliphatic heterocycles. The fourth-order valence-corrected chi connectivity index (χ4v) is 4.28. The van der Waals surface area contributed by atoms with Gasteiger partial charge in [-0.3, -0.25) is 14.3 Å². The summed E-state index contributed by atoms with van der Waals surface area (Å²) < 4.78 is 46.1. The van der Waals surface area contributed by atoms with E-state index in [0.717, 1.165) is 0 Å². The fourth-order valence-electron chi connectivity index (χ4n) is 3.17. The Labute approximate surface area is 197 Å². The maximum Gasteiger partial charge on any atom is 0.261 e. The lowest BCUT2D eigenvalue weighted by Crippen LogP contribution is -2.37. The molecule has 4 N–H and O–H groups in total. The third kappa shape index (κ3) is 6.55. The average molecular weight is 486 g/mol. The lowest BCUT2D eigenvalue weighted by Gasteiger charge is -2.15. The van der Waals surface area contributed by atoms with Gasteiger partial charge < -0.3 is 15.8 Å². The Hall–Kier alpha value is -3.92. The molecule has 3 rings (SSSR count). The van der Waals surface area contributed by atoms with E-state index >= 15 is 0 Å². The number of sulfonamides is 1. The summed E-state index contributed by atoms with van der Waals surface area (Å²) in [6.45, 7) is -0.0629. The quantitative estimate of drug-likeness (QED) is 0.407. The van der Waals surface area contributed by atoms with Crippen molar-refractivity contribution in [1.29, 1.82) is 0 Å². The van der Waals surface area contributed by atoms with Crippen molar-refractivity contribution < 1.29 is 27.1 Å². The normalized spacial score (nSPS) is 11.9. The van der Waals surface area contributed by atoms with Gasteiger partial charge in [0, 0.05) is 17.8 Å². The highest BCUT2D eigenvalue weighted by atomic mass is 32.2. The molecule has 0 saturated carbocycles. The number of carbonyl (C=O) groups is 2. The molecule has 10 heteroatoms. The Morgan fingerprint density at radius 3 is 2.32 bits per heavy atom. The van der Waals surface area contributed by atoms with E-state index in [-0.39, 0.29) is 23.4 Å². The monoisotopic (exact) mass is 485 g/mol. The SMILES string of the molecule is COc1ccc(NS(=O)(=O)c2cccc(C(=O)NCC(Cc3ccc(F)cc3)C(N)=O)c2)cc1. The van der Waals surface area contributed by atoms with Gasteiger partial charge in [-0.25, -0.2) is 12.8 Å². The van der Waals surface area contributed by atoms with Crippen LogP contribution in [-0.2, 0) is 21.2 Å². The van der Waals surface area contributed by atoms with E-state index in [1.54, 1.807) is 24.3 Å². The van der Waals surface area contributed by atoms with Gasteiger partial charge in [0.1, 0.15) is 11.6 Å². The second-order valence-electron chi connectivity index (χ2n) is 7.50. The largest absolute Gasteiger partial charge is 0.497 e. The molecule has 1 unspecified atom stereocenters. The molecule has 0 bridgehead atoms. The Morgan fingerprint density at radius 2 is 1.71 bits per heavy atom. The molecular weight excluding hydrogens is 461 g/mol. The van der Waals surface area contributed by atoms with Crippen LogP contribution in [0.25, 0.3) is 0 Å². The van der Waals surface area contributed by atoms with E-state index in [4.69, 9.17) is 10.5 Å². The van der Waals surface area contributed by atoms with Crippen molar-refractivity contribution in [3.63, 3.8) is 0 Å². The van der Waals surface area contributed by atoms with Gasteiger partial charge in [-0.15, -0.1) is 0 Å². The van der Waals surface area contributed by atoms with Crippen molar-refractivity contribution in [2.75, 3.05) is 18.4 Å². The van der Waals surface area contributed by atoms with Crippen LogP contribution in [0.5, 0.6) is 5.75 Å². The topological polar surface area (TPSA) is 128 Å². The van der Waals surface area contributed by atoms with Gasteiger partial charge in [0.25, 0.3) is 15.9 Å². The average Bonchev–Trinajstić information content (AvgIpc) is 2.83. The van der Waals surface area contributed by atoms with Crippen LogP contribution in [0.2, 0.25) is 0 Å². The number of benzene rings is 3. The van der Waals surface area contributed by atoms with Crippen LogP contribution in [0.4, 0.5) is 10.1 Å². The van der Waals surface area contributed by atoms with Gasteiger partial charge in [-0.05, 0) is 66.6 Å². The number of hydrogen-bond donors (Lipinski definition) is 3. The van der Waals surface area contributed by atoms with Crippen LogP contribution < -0.4 is 20.5 Å².